The molecule has 0 radical (unpaired) electrons. The number of furan rings is 1. The van der Waals surface area contributed by atoms with Crippen LogP contribution >= 0.6 is 11.6 Å². The van der Waals surface area contributed by atoms with Crippen LogP contribution in [0.15, 0.2) is 53.1 Å². The van der Waals surface area contributed by atoms with Gasteiger partial charge in [0.2, 0.25) is 0 Å². The lowest BCUT2D eigenvalue weighted by Crippen LogP contribution is -2.41. The van der Waals surface area contributed by atoms with Gasteiger partial charge in [-0.2, -0.15) is 5.10 Å². The lowest BCUT2D eigenvalue weighted by molar-refractivity contribution is -0.123. The number of ether oxygens (including phenoxy) is 1. The van der Waals surface area contributed by atoms with Gasteiger partial charge in [-0.05, 0) is 31.2 Å². The zero-order valence-electron chi connectivity index (χ0n) is 15.3. The maximum atomic E-state index is 12.3. The molecule has 0 saturated carbocycles. The molecular weight excluding hydrogens is 400 g/mol. The van der Waals surface area contributed by atoms with Crippen molar-refractivity contribution < 1.29 is 23.5 Å². The number of esters is 1. The number of hydrogen-bond donors (Lipinski definition) is 2. The van der Waals surface area contributed by atoms with Crippen LogP contribution in [0, 0.1) is 6.92 Å². The molecule has 2 N–H and O–H groups in total. The lowest BCUT2D eigenvalue weighted by atomic mass is 10.2. The number of benzene rings is 1. The highest BCUT2D eigenvalue weighted by Gasteiger charge is 2.23. The number of nitrogens with zero attached hydrogens (tertiary/aromatic N) is 2. The normalized spacial score (nSPS) is 10.4. The highest BCUT2D eigenvalue weighted by atomic mass is 35.5. The Bertz CT molecular complexity index is 1010. The van der Waals surface area contributed by atoms with Gasteiger partial charge in [0.05, 0.1) is 24.2 Å². The summed E-state index contributed by atoms with van der Waals surface area (Å²) < 4.78 is 11.4. The number of halogens is 1. The molecule has 0 saturated heterocycles. The Hall–Kier alpha value is -3.59. The van der Waals surface area contributed by atoms with E-state index in [-0.39, 0.29) is 17.3 Å². The molecule has 0 aliphatic rings. The summed E-state index contributed by atoms with van der Waals surface area (Å²) in [6, 6.07) is 11.6. The zero-order chi connectivity index (χ0) is 20.8. The maximum absolute atomic E-state index is 12.3. The number of aryl methyl sites for hydroxylation is 1. The molecule has 0 atom stereocenters. The fraction of sp³-hybridized carbons (Fsp3) is 0.158. The largest absolute Gasteiger partial charge is 0.467 e. The third-order valence-corrected chi connectivity index (χ3v) is 4.15. The van der Waals surface area contributed by atoms with Crippen molar-refractivity contribution in [3.8, 4) is 5.69 Å². The Kier molecular flexibility index (Phi) is 6.30. The van der Waals surface area contributed by atoms with E-state index in [4.69, 9.17) is 20.8 Å². The summed E-state index contributed by atoms with van der Waals surface area (Å²) in [7, 11) is 0. The molecule has 2 heterocycles. The van der Waals surface area contributed by atoms with E-state index < -0.39 is 24.5 Å². The molecule has 0 aliphatic heterocycles. The standard InChI is InChI=1S/C19H17ClN4O5/c1-12-16(17(20)24(23-12)13-6-3-2-4-7-13)18(26)29-11-15(25)22-19(27)21-10-14-8-5-9-28-14/h2-9H,10-11H2,1H3,(H2,21,22,25,27). The van der Waals surface area contributed by atoms with Gasteiger partial charge in [-0.3, -0.25) is 10.1 Å². The Morgan fingerprint density at radius 1 is 1.17 bits per heavy atom. The van der Waals surface area contributed by atoms with Gasteiger partial charge in [-0.15, -0.1) is 0 Å². The van der Waals surface area contributed by atoms with E-state index in [1.165, 1.54) is 10.9 Å². The first-order valence-corrected chi connectivity index (χ1v) is 8.91. The van der Waals surface area contributed by atoms with Crippen molar-refractivity contribution in [3.05, 3.63) is 70.9 Å². The second-order valence-electron chi connectivity index (χ2n) is 5.88. The van der Waals surface area contributed by atoms with Crippen molar-refractivity contribution >= 4 is 29.5 Å². The van der Waals surface area contributed by atoms with Gasteiger partial charge in [0, 0.05) is 0 Å². The molecule has 29 heavy (non-hydrogen) atoms. The third kappa shape index (κ3) is 5.02. The molecule has 0 fully saturated rings. The van der Waals surface area contributed by atoms with Crippen molar-refractivity contribution in [1.29, 1.82) is 0 Å². The van der Waals surface area contributed by atoms with E-state index >= 15 is 0 Å². The molecule has 1 aromatic carbocycles. The van der Waals surface area contributed by atoms with E-state index in [0.29, 0.717) is 17.1 Å². The quantitative estimate of drug-likeness (QED) is 0.597. The van der Waals surface area contributed by atoms with Gasteiger partial charge in [0.1, 0.15) is 16.5 Å². The van der Waals surface area contributed by atoms with Crippen LogP contribution in [0.25, 0.3) is 5.69 Å². The minimum absolute atomic E-state index is 0.0468. The van der Waals surface area contributed by atoms with E-state index in [9.17, 15) is 14.4 Å². The number of carbonyl (C=O) groups excluding carboxylic acids is 3. The number of imide groups is 1. The number of amides is 3. The fourth-order valence-electron chi connectivity index (χ4n) is 2.46. The molecule has 0 unspecified atom stereocenters. The third-order valence-electron chi connectivity index (χ3n) is 3.80. The van der Waals surface area contributed by atoms with Crippen LogP contribution < -0.4 is 10.6 Å². The average Bonchev–Trinajstić information content (AvgIpc) is 3.33. The summed E-state index contributed by atoms with van der Waals surface area (Å²) in [6.45, 7) is 1.06. The van der Waals surface area contributed by atoms with E-state index in [1.807, 2.05) is 23.5 Å². The highest BCUT2D eigenvalue weighted by molar-refractivity contribution is 6.33. The predicted molar refractivity (Wildman–Crippen MR) is 103 cm³/mol. The van der Waals surface area contributed by atoms with E-state index in [0.717, 1.165) is 0 Å². The molecule has 3 aromatic rings. The molecule has 3 rings (SSSR count). The van der Waals surface area contributed by atoms with Crippen LogP contribution in [0.1, 0.15) is 21.8 Å². The topological polar surface area (TPSA) is 115 Å². The van der Waals surface area contributed by atoms with Crippen LogP contribution in [-0.4, -0.2) is 34.3 Å². The van der Waals surface area contributed by atoms with Gasteiger partial charge < -0.3 is 14.5 Å². The number of rotatable bonds is 6. The van der Waals surface area contributed by atoms with Crippen LogP contribution in [0.4, 0.5) is 4.79 Å². The maximum Gasteiger partial charge on any atom is 0.343 e. The second-order valence-corrected chi connectivity index (χ2v) is 6.24. The van der Waals surface area contributed by atoms with Crippen LogP contribution in [0.5, 0.6) is 0 Å². The minimum Gasteiger partial charge on any atom is -0.467 e. The number of para-hydroxylation sites is 1. The van der Waals surface area contributed by atoms with E-state index in [2.05, 4.69) is 10.4 Å². The molecule has 10 heteroatoms. The molecule has 0 aliphatic carbocycles. The van der Waals surface area contributed by atoms with Gasteiger partial charge >= 0.3 is 12.0 Å². The zero-order valence-corrected chi connectivity index (χ0v) is 16.1. The summed E-state index contributed by atoms with van der Waals surface area (Å²) >= 11 is 6.27. The minimum atomic E-state index is -0.819. The SMILES string of the molecule is Cc1nn(-c2ccccc2)c(Cl)c1C(=O)OCC(=O)NC(=O)NCc1ccco1. The highest BCUT2D eigenvalue weighted by Crippen LogP contribution is 2.24. The Balaban J connectivity index is 1.54. The summed E-state index contributed by atoms with van der Waals surface area (Å²) in [4.78, 5) is 35.8. The summed E-state index contributed by atoms with van der Waals surface area (Å²) in [5.41, 5.74) is 1.07. The average molecular weight is 417 g/mol. The fourth-order valence-corrected chi connectivity index (χ4v) is 2.81. The molecule has 0 spiro atoms. The summed E-state index contributed by atoms with van der Waals surface area (Å²) in [6.07, 6.45) is 1.46. The van der Waals surface area contributed by atoms with Crippen molar-refractivity contribution in [3.63, 3.8) is 0 Å². The number of carbonyl (C=O) groups is 3. The molecule has 3 amide bonds. The number of nitrogens with one attached hydrogen (secondary N) is 2. The Labute approximate surface area is 170 Å². The first-order valence-electron chi connectivity index (χ1n) is 8.53. The first kappa shape index (κ1) is 20.2. The van der Waals surface area contributed by atoms with Crippen molar-refractivity contribution in [1.82, 2.24) is 20.4 Å². The first-order chi connectivity index (χ1) is 14.0. The Morgan fingerprint density at radius 2 is 1.93 bits per heavy atom. The van der Waals surface area contributed by atoms with Gasteiger partial charge in [0.25, 0.3) is 5.91 Å². The van der Waals surface area contributed by atoms with Crippen molar-refractivity contribution in [2.45, 2.75) is 13.5 Å². The molecule has 9 nitrogen and oxygen atoms in total. The van der Waals surface area contributed by atoms with Gasteiger partial charge in [-0.1, -0.05) is 29.8 Å². The van der Waals surface area contributed by atoms with Crippen LogP contribution in [-0.2, 0) is 16.1 Å². The second kappa shape index (κ2) is 9.07. The number of aromatic nitrogens is 2. The Morgan fingerprint density at radius 3 is 2.62 bits per heavy atom. The molecular formula is C19H17ClN4O5. The van der Waals surface area contributed by atoms with Crippen LogP contribution in [0.3, 0.4) is 0 Å². The lowest BCUT2D eigenvalue weighted by Gasteiger charge is -2.07. The molecule has 0 bridgehead atoms. The monoisotopic (exact) mass is 416 g/mol. The van der Waals surface area contributed by atoms with Crippen LogP contribution in [0.2, 0.25) is 5.15 Å². The molecule has 150 valence electrons. The van der Waals surface area contributed by atoms with Gasteiger partial charge in [-0.25, -0.2) is 14.3 Å². The van der Waals surface area contributed by atoms with Crippen molar-refractivity contribution in [2.75, 3.05) is 6.61 Å². The number of urea groups is 1. The predicted octanol–water partition coefficient (Wildman–Crippen LogP) is 2.61. The summed E-state index contributed by atoms with van der Waals surface area (Å²) in [5.74, 6) is -1.08. The van der Waals surface area contributed by atoms with Crippen molar-refractivity contribution in [2.24, 2.45) is 0 Å². The summed E-state index contributed by atoms with van der Waals surface area (Å²) in [5, 5.41) is 8.78. The van der Waals surface area contributed by atoms with Gasteiger partial charge in [0.15, 0.2) is 6.61 Å². The molecule has 2 aromatic heterocycles. The van der Waals surface area contributed by atoms with E-state index in [1.54, 1.807) is 31.2 Å². The smallest absolute Gasteiger partial charge is 0.343 e. The number of hydrogen-bond acceptors (Lipinski definition) is 6.